The molecule has 0 aromatic heterocycles. The third-order valence-corrected chi connectivity index (χ3v) is 2.33. The quantitative estimate of drug-likeness (QED) is 0.291. The maximum absolute atomic E-state index is 11.3. The van der Waals surface area contributed by atoms with Gasteiger partial charge in [0.15, 0.2) is 0 Å². The molecule has 0 heterocycles. The number of nitrogens with two attached hydrogens (primary N) is 1. The zero-order valence-corrected chi connectivity index (χ0v) is 9.78. The maximum atomic E-state index is 11.3. The number of hydrogen-bond donors (Lipinski definition) is 3. The number of rotatable bonds is 7. The van der Waals surface area contributed by atoms with Gasteiger partial charge in [-0.2, -0.15) is 0 Å². The van der Waals surface area contributed by atoms with E-state index in [9.17, 15) is 9.90 Å². The van der Waals surface area contributed by atoms with Crippen LogP contribution in [-0.4, -0.2) is 24.1 Å². The topological polar surface area (TPSA) is 124 Å². The maximum Gasteiger partial charge on any atom is 0.239 e. The van der Waals surface area contributed by atoms with E-state index in [1.165, 1.54) is 12.1 Å². The van der Waals surface area contributed by atoms with E-state index < -0.39 is 11.9 Å². The minimum atomic E-state index is -0.664. The normalized spacial score (nSPS) is 11.6. The summed E-state index contributed by atoms with van der Waals surface area (Å²) >= 11 is 0. The second kappa shape index (κ2) is 7.16. The lowest BCUT2D eigenvalue weighted by molar-refractivity contribution is -0.120. The molecule has 7 heteroatoms. The fourth-order valence-electron chi connectivity index (χ4n) is 1.53. The molecule has 1 rings (SSSR count). The molecule has 0 radical (unpaired) electrons. The molecule has 1 amide bonds. The van der Waals surface area contributed by atoms with E-state index in [4.69, 9.17) is 11.3 Å². The van der Waals surface area contributed by atoms with E-state index in [2.05, 4.69) is 15.3 Å². The van der Waals surface area contributed by atoms with Crippen molar-refractivity contribution in [3.05, 3.63) is 40.3 Å². The van der Waals surface area contributed by atoms with Crippen LogP contribution in [0.5, 0.6) is 5.75 Å². The van der Waals surface area contributed by atoms with E-state index in [1.807, 2.05) is 0 Å². The number of phenolic OH excluding ortho intramolecular Hbond substituents is 1. The minimum Gasteiger partial charge on any atom is -0.508 e. The van der Waals surface area contributed by atoms with Crippen LogP contribution in [0.4, 0.5) is 0 Å². The van der Waals surface area contributed by atoms with Crippen molar-refractivity contribution in [1.82, 2.24) is 5.32 Å². The first kappa shape index (κ1) is 13.8. The molecule has 1 unspecified atom stereocenters. The molecule has 1 atom stereocenters. The molecule has 0 fully saturated rings. The van der Waals surface area contributed by atoms with Gasteiger partial charge in [0, 0.05) is 11.5 Å². The van der Waals surface area contributed by atoms with Crippen LogP contribution in [-0.2, 0) is 4.79 Å². The van der Waals surface area contributed by atoms with Gasteiger partial charge in [0.2, 0.25) is 5.91 Å². The number of nitrogens with zero attached hydrogens (tertiary/aromatic N) is 3. The van der Waals surface area contributed by atoms with Crippen LogP contribution in [0.25, 0.3) is 10.4 Å². The van der Waals surface area contributed by atoms with Crippen LogP contribution in [0.2, 0.25) is 0 Å². The fourth-order valence-corrected chi connectivity index (χ4v) is 1.53. The number of nitrogens with one attached hydrogen (secondary N) is 1. The summed E-state index contributed by atoms with van der Waals surface area (Å²) in [7, 11) is 0. The van der Waals surface area contributed by atoms with Gasteiger partial charge in [0.05, 0.1) is 0 Å². The summed E-state index contributed by atoms with van der Waals surface area (Å²) in [5, 5.41) is 15.7. The van der Waals surface area contributed by atoms with Crippen molar-refractivity contribution >= 4 is 5.91 Å². The molecular weight excluding hydrogens is 234 g/mol. The molecule has 0 bridgehead atoms. The van der Waals surface area contributed by atoms with Gasteiger partial charge in [-0.3, -0.25) is 4.79 Å². The minimum absolute atomic E-state index is 0.0784. The summed E-state index contributed by atoms with van der Waals surface area (Å²) in [6.45, 7) is 0.845. The number of benzene rings is 1. The van der Waals surface area contributed by atoms with Crippen molar-refractivity contribution in [3.63, 3.8) is 0 Å². The highest BCUT2D eigenvalue weighted by Crippen LogP contribution is 2.17. The van der Waals surface area contributed by atoms with Crippen LogP contribution in [0, 0.1) is 0 Å². The third-order valence-electron chi connectivity index (χ3n) is 2.33. The summed E-state index contributed by atoms with van der Waals surface area (Å²) < 4.78 is 0. The van der Waals surface area contributed by atoms with Crippen LogP contribution in [0.15, 0.2) is 29.4 Å². The average molecular weight is 249 g/mol. The number of phenols is 1. The highest BCUT2D eigenvalue weighted by Gasteiger charge is 2.16. The Labute approximate surface area is 104 Å². The third kappa shape index (κ3) is 4.32. The second-order valence-corrected chi connectivity index (χ2v) is 3.69. The van der Waals surface area contributed by atoms with Crippen molar-refractivity contribution < 1.29 is 9.90 Å². The molecule has 0 spiro atoms. The molecule has 0 aliphatic heterocycles. The number of hydrogen-bond acceptors (Lipinski definition) is 4. The summed E-state index contributed by atoms with van der Waals surface area (Å²) in [6, 6.07) is 5.68. The molecule has 7 nitrogen and oxygen atoms in total. The Morgan fingerprint density at radius 2 is 2.39 bits per heavy atom. The van der Waals surface area contributed by atoms with Crippen LogP contribution in [0.1, 0.15) is 18.0 Å². The van der Waals surface area contributed by atoms with Gasteiger partial charge in [0.25, 0.3) is 0 Å². The van der Waals surface area contributed by atoms with Gasteiger partial charge in [-0.25, -0.2) is 0 Å². The van der Waals surface area contributed by atoms with Gasteiger partial charge >= 0.3 is 0 Å². The molecule has 0 saturated carbocycles. The van der Waals surface area contributed by atoms with Gasteiger partial charge in [0.1, 0.15) is 11.8 Å². The smallest absolute Gasteiger partial charge is 0.239 e. The standard InChI is InChI=1S/C11H15N5O2/c12-11(18)10(14-5-2-6-15-16-13)8-3-1-4-9(17)7-8/h1,3-4,7,10,14,17H,2,5-6H2,(H2,12,18). The van der Waals surface area contributed by atoms with E-state index in [1.54, 1.807) is 12.1 Å². The lowest BCUT2D eigenvalue weighted by Gasteiger charge is -2.15. The molecule has 0 saturated heterocycles. The monoisotopic (exact) mass is 249 g/mol. The first-order chi connectivity index (χ1) is 8.65. The van der Waals surface area contributed by atoms with Crippen molar-refractivity contribution in [3.8, 4) is 5.75 Å². The number of amides is 1. The number of carbonyl (C=O) groups excluding carboxylic acids is 1. The lowest BCUT2D eigenvalue weighted by Crippen LogP contribution is -2.34. The Morgan fingerprint density at radius 3 is 3.00 bits per heavy atom. The Morgan fingerprint density at radius 1 is 1.61 bits per heavy atom. The number of carbonyl (C=O) groups is 1. The van der Waals surface area contributed by atoms with E-state index in [-0.39, 0.29) is 5.75 Å². The van der Waals surface area contributed by atoms with Gasteiger partial charge < -0.3 is 16.2 Å². The lowest BCUT2D eigenvalue weighted by atomic mass is 10.1. The van der Waals surface area contributed by atoms with Crippen LogP contribution >= 0.6 is 0 Å². The number of aromatic hydroxyl groups is 1. The molecule has 1 aromatic carbocycles. The predicted molar refractivity (Wildman–Crippen MR) is 66.7 cm³/mol. The van der Waals surface area contributed by atoms with Gasteiger partial charge in [-0.05, 0) is 36.2 Å². The number of azide groups is 1. The van der Waals surface area contributed by atoms with E-state index >= 15 is 0 Å². The zero-order valence-electron chi connectivity index (χ0n) is 9.78. The highest BCUT2D eigenvalue weighted by atomic mass is 16.3. The highest BCUT2D eigenvalue weighted by molar-refractivity contribution is 5.81. The van der Waals surface area contributed by atoms with Crippen molar-refractivity contribution in [2.45, 2.75) is 12.5 Å². The summed E-state index contributed by atoms with van der Waals surface area (Å²) in [4.78, 5) is 14.0. The number of primary amides is 1. The summed E-state index contributed by atoms with van der Waals surface area (Å²) in [5.41, 5.74) is 14.0. The van der Waals surface area contributed by atoms with Gasteiger partial charge in [-0.1, -0.05) is 17.2 Å². The first-order valence-electron chi connectivity index (χ1n) is 5.47. The van der Waals surface area contributed by atoms with Crippen LogP contribution < -0.4 is 11.1 Å². The molecule has 0 aliphatic carbocycles. The Hall–Kier alpha value is -2.24. The first-order valence-corrected chi connectivity index (χ1v) is 5.47. The molecule has 4 N–H and O–H groups in total. The fraction of sp³-hybridized carbons (Fsp3) is 0.364. The van der Waals surface area contributed by atoms with E-state index in [0.717, 1.165) is 0 Å². The molecule has 96 valence electrons. The summed E-state index contributed by atoms with van der Waals surface area (Å²) in [6.07, 6.45) is 0.604. The molecule has 18 heavy (non-hydrogen) atoms. The SMILES string of the molecule is [N-]=[N+]=NCCCNC(C(N)=O)c1cccc(O)c1. The molecule has 1 aromatic rings. The molecule has 0 aliphatic rings. The van der Waals surface area contributed by atoms with E-state index in [0.29, 0.717) is 25.1 Å². The Bertz CT molecular complexity index is 457. The van der Waals surface area contributed by atoms with Gasteiger partial charge in [-0.15, -0.1) is 0 Å². The Balaban J connectivity index is 2.60. The van der Waals surface area contributed by atoms with Crippen molar-refractivity contribution in [1.29, 1.82) is 0 Å². The van der Waals surface area contributed by atoms with Crippen molar-refractivity contribution in [2.24, 2.45) is 10.8 Å². The second-order valence-electron chi connectivity index (χ2n) is 3.69. The predicted octanol–water partition coefficient (Wildman–Crippen LogP) is 1.21. The zero-order chi connectivity index (χ0) is 13.4. The Kier molecular flexibility index (Phi) is 5.50. The largest absolute Gasteiger partial charge is 0.508 e. The molecular formula is C11H15N5O2. The van der Waals surface area contributed by atoms with Crippen LogP contribution in [0.3, 0.4) is 0 Å². The summed E-state index contributed by atoms with van der Waals surface area (Å²) in [5.74, 6) is -0.445. The van der Waals surface area contributed by atoms with Crippen molar-refractivity contribution in [2.75, 3.05) is 13.1 Å². The average Bonchev–Trinajstić information content (AvgIpc) is 2.33.